The lowest BCUT2D eigenvalue weighted by atomic mass is 9.12. The first-order chi connectivity index (χ1) is 33.0. The van der Waals surface area contributed by atoms with Crippen LogP contribution in [0.25, 0.3) is 0 Å². The summed E-state index contributed by atoms with van der Waals surface area (Å²) in [4.78, 5) is 15.7. The minimum Gasteiger partial charge on any atom is -0.287 e. The molecule has 0 saturated carbocycles. The summed E-state index contributed by atoms with van der Waals surface area (Å²) in [5, 5.41) is 0.633. The van der Waals surface area contributed by atoms with Gasteiger partial charge in [0.25, 0.3) is 0 Å². The lowest BCUT2D eigenvalue weighted by Gasteiger charge is -2.46. The summed E-state index contributed by atoms with van der Waals surface area (Å²) < 4.78 is 343. The zero-order valence-electron chi connectivity index (χ0n) is 35.1. The van der Waals surface area contributed by atoms with Gasteiger partial charge in [-0.1, -0.05) is 60.1 Å². The van der Waals surface area contributed by atoms with Crippen LogP contribution in [0.5, 0.6) is 0 Å². The maximum absolute atomic E-state index is 14.2. The Morgan fingerprint density at radius 1 is 0.384 bits per heavy atom. The molecule has 0 atom stereocenters. The first-order valence-corrected chi connectivity index (χ1v) is 19.8. The molecule has 5 aromatic carbocycles. The van der Waals surface area contributed by atoms with E-state index in [0.717, 1.165) is 0 Å². The van der Waals surface area contributed by atoms with E-state index in [1.165, 1.54) is 0 Å². The fraction of sp³-hybridized carbons (Fsp3) is 0.205. The highest BCUT2D eigenvalue weighted by Gasteiger charge is 2.47. The zero-order chi connectivity index (χ0) is 55.3. The van der Waals surface area contributed by atoms with Gasteiger partial charge in [0, 0.05) is 10.6 Å². The third-order valence-electron chi connectivity index (χ3n) is 10.6. The summed E-state index contributed by atoms with van der Waals surface area (Å²) in [7, 11) is 0. The van der Waals surface area contributed by atoms with Gasteiger partial charge in [0.2, 0.25) is 12.3 Å². The van der Waals surface area contributed by atoms with Crippen molar-refractivity contribution in [2.24, 2.45) is 0 Å². The van der Waals surface area contributed by atoms with Crippen LogP contribution in [0.3, 0.4) is 0 Å². The summed E-state index contributed by atoms with van der Waals surface area (Å²) in [5.41, 5.74) is -29.5. The van der Waals surface area contributed by atoms with Crippen molar-refractivity contribution in [3.05, 3.63) is 177 Å². The fourth-order valence-corrected chi connectivity index (χ4v) is 7.54. The highest BCUT2D eigenvalue weighted by molar-refractivity contribution is 7.20. The highest BCUT2D eigenvalue weighted by Crippen LogP contribution is 2.41. The van der Waals surface area contributed by atoms with Gasteiger partial charge in [-0.15, -0.1) is 0 Å². The first-order valence-electron chi connectivity index (χ1n) is 19.5. The number of Topliss-reactive ketones (excluding diaryl/α,β-unsaturated/α-hetero) is 1. The Morgan fingerprint density at radius 3 is 0.808 bits per heavy atom. The molecule has 6 rings (SSSR count). The van der Waals surface area contributed by atoms with Crippen LogP contribution >= 0.6 is 11.6 Å². The second kappa shape index (κ2) is 19.8. The number of carbonyl (C=O) groups is 1. The quantitative estimate of drug-likeness (QED) is 0.0691. The van der Waals surface area contributed by atoms with Crippen LogP contribution in [0.4, 0.5) is 105 Å². The van der Waals surface area contributed by atoms with Crippen LogP contribution in [0, 0.1) is 0 Å². The molecule has 0 N–H and O–H groups in total. The molecule has 3 nitrogen and oxygen atoms in total. The van der Waals surface area contributed by atoms with Gasteiger partial charge in [0.15, 0.2) is 12.4 Å². The second-order valence-corrected chi connectivity index (χ2v) is 16.0. The van der Waals surface area contributed by atoms with Gasteiger partial charge in [-0.05, 0) is 48.5 Å². The van der Waals surface area contributed by atoms with Crippen molar-refractivity contribution in [3.8, 4) is 0 Å². The minimum absolute atomic E-state index is 0.0490. The molecule has 0 aliphatic carbocycles. The van der Waals surface area contributed by atoms with Crippen LogP contribution in [0.1, 0.15) is 54.9 Å². The van der Waals surface area contributed by atoms with E-state index in [1.807, 2.05) is 0 Å². The van der Waals surface area contributed by atoms with E-state index in [2.05, 4.69) is 4.98 Å². The van der Waals surface area contributed by atoms with Gasteiger partial charge in [-0.2, -0.15) is 132 Å². The molecule has 0 saturated heterocycles. The average molecular weight is 1100 g/mol. The number of benzene rings is 5. The Kier molecular flexibility index (Phi) is 15.5. The van der Waals surface area contributed by atoms with Crippen LogP contribution in [0.2, 0.25) is 5.02 Å². The highest BCUT2D eigenvalue weighted by atomic mass is 35.5. The van der Waals surface area contributed by atoms with Crippen molar-refractivity contribution in [1.29, 1.82) is 0 Å². The van der Waals surface area contributed by atoms with Crippen molar-refractivity contribution < 1.29 is 115 Å². The molecule has 0 aliphatic heterocycles. The summed E-state index contributed by atoms with van der Waals surface area (Å²) in [5.74, 6) is 0.0490. The summed E-state index contributed by atoms with van der Waals surface area (Å²) >= 11 is 5.75. The number of halogens is 25. The van der Waals surface area contributed by atoms with Crippen LogP contribution in [-0.4, -0.2) is 16.9 Å². The summed E-state index contributed by atoms with van der Waals surface area (Å²) in [6, 6.07) is -1.92. The van der Waals surface area contributed by atoms with E-state index in [1.54, 1.807) is 53.6 Å². The molecule has 29 heteroatoms. The van der Waals surface area contributed by atoms with E-state index in [0.29, 0.717) is 17.1 Å². The molecule has 0 amide bonds. The Bertz CT molecular complexity index is 2510. The van der Waals surface area contributed by atoms with Gasteiger partial charge in [0.1, 0.15) is 6.15 Å². The van der Waals surface area contributed by atoms with Crippen LogP contribution in [0.15, 0.2) is 122 Å². The Labute approximate surface area is 397 Å². The van der Waals surface area contributed by atoms with Crippen molar-refractivity contribution in [3.63, 3.8) is 0 Å². The lowest BCUT2D eigenvalue weighted by molar-refractivity contribution is -0.683. The average Bonchev–Trinajstić information content (AvgIpc) is 3.25. The molecule has 1 heterocycles. The van der Waals surface area contributed by atoms with Crippen molar-refractivity contribution in [1.82, 2.24) is 4.98 Å². The predicted molar refractivity (Wildman–Crippen MR) is 210 cm³/mol. The molecule has 0 radical (unpaired) electrons. The molecule has 0 aliphatic rings. The Hall–Kier alpha value is -6.48. The number of nitrogens with zero attached hydrogens (tertiary/aromatic N) is 2. The minimum atomic E-state index is -6.13. The molecule has 6 aromatic rings. The zero-order valence-corrected chi connectivity index (χ0v) is 35.8. The molecule has 73 heavy (non-hydrogen) atoms. The monoisotopic (exact) mass is 1100 g/mol. The number of ketones is 1. The largest absolute Gasteiger partial charge is 0.416 e. The number of hydrogen-bond acceptors (Lipinski definition) is 2. The standard InChI is InChI=1S/C32H12BF24.C12H10ClN2O/c34-25(35,36)13-1-14(26(37,38)39)6-21(5-13)33(22-7-15(27(40,41)42)2-16(8-22)28(43,44)45,23-9-17(29(46,47)48)3-18(10-23)30(49,50)51)24-11-19(31(52,53)54)4-20(12-24)32(55,56)57;13-11-3-1-10(2-4-11)12(16)9-15-7-5-14-6-8-15/h1-12H;1-8H,9H2/q-1;+1. The summed E-state index contributed by atoms with van der Waals surface area (Å²) in [6.45, 7) is 0.310. The van der Waals surface area contributed by atoms with Crippen LogP contribution < -0.4 is 26.4 Å². The number of alkyl halides is 24. The Morgan fingerprint density at radius 2 is 0.603 bits per heavy atom. The van der Waals surface area contributed by atoms with E-state index in [9.17, 15) is 110 Å². The molecular formula is C44H22BClF24N2O. The maximum Gasteiger partial charge on any atom is 0.416 e. The van der Waals surface area contributed by atoms with E-state index in [-0.39, 0.29) is 5.78 Å². The smallest absolute Gasteiger partial charge is 0.287 e. The van der Waals surface area contributed by atoms with E-state index >= 15 is 0 Å². The van der Waals surface area contributed by atoms with Gasteiger partial charge in [-0.3, -0.25) is 9.78 Å². The van der Waals surface area contributed by atoms with Gasteiger partial charge < -0.3 is 0 Å². The predicted octanol–water partition coefficient (Wildman–Crippen LogP) is 13.1. The second-order valence-electron chi connectivity index (χ2n) is 15.6. The Balaban J connectivity index is 0.000000520. The third-order valence-corrected chi connectivity index (χ3v) is 10.9. The fourth-order valence-electron chi connectivity index (χ4n) is 7.42. The SMILES string of the molecule is FC(F)(F)c1cc([B-](c2cc(C(F)(F)F)cc(C(F)(F)F)c2)(c2cc(C(F)(F)F)cc(C(F)(F)F)c2)c2cc(C(F)(F)F)cc(C(F)(F)F)c2)cc(C(F)(F)F)c1.O=C(C[n+]1ccncc1)c1ccc(Cl)cc1. The summed E-state index contributed by atoms with van der Waals surface area (Å²) in [6.07, 6.45) is -48.0. The number of aromatic nitrogens is 2. The van der Waals surface area contributed by atoms with Gasteiger partial charge in [-0.25, -0.2) is 0 Å². The lowest BCUT2D eigenvalue weighted by Crippen LogP contribution is -2.75. The molecular weight excluding hydrogens is 1070 g/mol. The van der Waals surface area contributed by atoms with Gasteiger partial charge >= 0.3 is 49.4 Å². The number of carbonyl (C=O) groups excluding carboxylic acids is 1. The topological polar surface area (TPSA) is 33.8 Å². The van der Waals surface area contributed by atoms with Crippen molar-refractivity contribution >= 4 is 45.4 Å². The molecule has 392 valence electrons. The number of hydrogen-bond donors (Lipinski definition) is 0. The van der Waals surface area contributed by atoms with E-state index < -0.39 is 195 Å². The molecule has 0 bridgehead atoms. The van der Waals surface area contributed by atoms with E-state index in [4.69, 9.17) is 11.6 Å². The first kappa shape index (κ1) is 57.4. The molecule has 0 fully saturated rings. The van der Waals surface area contributed by atoms with Crippen LogP contribution in [-0.2, 0) is 56.0 Å². The molecule has 0 spiro atoms. The van der Waals surface area contributed by atoms with Gasteiger partial charge in [0.05, 0.1) is 56.9 Å². The maximum atomic E-state index is 14.2. The molecule has 0 unspecified atom stereocenters. The number of rotatable bonds is 7. The van der Waals surface area contributed by atoms with Crippen molar-refractivity contribution in [2.45, 2.75) is 56.0 Å². The molecule has 1 aromatic heterocycles. The van der Waals surface area contributed by atoms with Crippen molar-refractivity contribution in [2.75, 3.05) is 0 Å². The third kappa shape index (κ3) is 13.6. The normalized spacial score (nSPS) is 13.4.